The quantitative estimate of drug-likeness (QED) is 0.641. The number of nitrogens with one attached hydrogen (secondary N) is 1. The summed E-state index contributed by atoms with van der Waals surface area (Å²) < 4.78 is 18.8. The van der Waals surface area contributed by atoms with Crippen LogP contribution in [0.3, 0.4) is 0 Å². The fourth-order valence-electron chi connectivity index (χ4n) is 4.05. The van der Waals surface area contributed by atoms with Crippen molar-refractivity contribution in [1.29, 1.82) is 10.7 Å². The molecule has 0 aliphatic carbocycles. The molecule has 0 spiro atoms. The smallest absolute Gasteiger partial charge is 0.161 e. The van der Waals surface area contributed by atoms with E-state index in [4.69, 9.17) is 19.6 Å². The van der Waals surface area contributed by atoms with Crippen LogP contribution < -0.4 is 19.7 Å². The predicted molar refractivity (Wildman–Crippen MR) is 118 cm³/mol. The van der Waals surface area contributed by atoms with E-state index in [1.807, 2.05) is 60.9 Å². The molecule has 6 heteroatoms. The molecule has 1 aliphatic heterocycles. The highest BCUT2D eigenvalue weighted by molar-refractivity contribution is 5.78. The lowest BCUT2D eigenvalue weighted by atomic mass is 9.92. The van der Waals surface area contributed by atoms with Crippen molar-refractivity contribution in [3.8, 4) is 45.7 Å². The molecule has 2 aromatic carbocycles. The van der Waals surface area contributed by atoms with Gasteiger partial charge in [-0.25, -0.2) is 0 Å². The number of ether oxygens (including phenoxy) is 3. The normalized spacial score (nSPS) is 11.8. The van der Waals surface area contributed by atoms with Crippen molar-refractivity contribution in [1.82, 2.24) is 4.57 Å². The van der Waals surface area contributed by atoms with Crippen molar-refractivity contribution in [3.05, 3.63) is 59.1 Å². The summed E-state index contributed by atoms with van der Waals surface area (Å²) in [7, 11) is 1.62. The maximum absolute atomic E-state index is 9.82. The van der Waals surface area contributed by atoms with Gasteiger partial charge in [-0.15, -0.1) is 0 Å². The summed E-state index contributed by atoms with van der Waals surface area (Å²) in [4.78, 5) is 0. The van der Waals surface area contributed by atoms with Gasteiger partial charge in [-0.3, -0.25) is 5.41 Å². The Kier molecular flexibility index (Phi) is 5.68. The summed E-state index contributed by atoms with van der Waals surface area (Å²) in [5, 5.41) is 18.6. The first-order chi connectivity index (χ1) is 15.1. The first-order valence-electron chi connectivity index (χ1n) is 10.4. The Hall–Kier alpha value is -3.72. The number of fused-ring (bicyclic) bond motifs is 3. The number of nitrogens with zero attached hydrogens (tertiary/aromatic N) is 2. The van der Waals surface area contributed by atoms with Gasteiger partial charge in [0.1, 0.15) is 22.9 Å². The fraction of sp³-hybridized carbons (Fsp3) is 0.280. The molecule has 4 rings (SSSR count). The number of aromatic nitrogens is 1. The van der Waals surface area contributed by atoms with Gasteiger partial charge in [0, 0.05) is 17.7 Å². The number of rotatable bonds is 6. The maximum atomic E-state index is 9.82. The van der Waals surface area contributed by atoms with Crippen molar-refractivity contribution < 1.29 is 14.2 Å². The third-order valence-corrected chi connectivity index (χ3v) is 5.51. The largest absolute Gasteiger partial charge is 0.497 e. The lowest BCUT2D eigenvalue weighted by molar-refractivity contribution is 0.287. The third kappa shape index (κ3) is 3.64. The van der Waals surface area contributed by atoms with Crippen LogP contribution in [-0.2, 0) is 13.0 Å². The molecule has 1 N–H and O–H groups in total. The van der Waals surface area contributed by atoms with Crippen molar-refractivity contribution in [2.24, 2.45) is 0 Å². The number of aryl methyl sites for hydroxylation is 1. The van der Waals surface area contributed by atoms with Crippen LogP contribution in [0.15, 0.2) is 42.5 Å². The Morgan fingerprint density at radius 2 is 1.68 bits per heavy atom. The third-order valence-electron chi connectivity index (χ3n) is 5.51. The van der Waals surface area contributed by atoms with Gasteiger partial charge in [-0.05, 0) is 61.7 Å². The van der Waals surface area contributed by atoms with Gasteiger partial charge in [-0.2, -0.15) is 5.26 Å². The Morgan fingerprint density at radius 1 is 1.00 bits per heavy atom. The molecule has 0 atom stereocenters. The van der Waals surface area contributed by atoms with Gasteiger partial charge in [-0.1, -0.05) is 12.1 Å². The highest BCUT2D eigenvalue weighted by Gasteiger charge is 2.23. The SMILES string of the molecule is CCOc1cc2c(cc1OCC)-c1cc(-c3ccc(OC)cc3)c(C#N)c(=N)n1CC2. The molecule has 31 heavy (non-hydrogen) atoms. The topological polar surface area (TPSA) is 80.3 Å². The minimum Gasteiger partial charge on any atom is -0.497 e. The summed E-state index contributed by atoms with van der Waals surface area (Å²) in [5.41, 5.74) is 5.26. The Bertz CT molecular complexity index is 1220. The first-order valence-corrected chi connectivity index (χ1v) is 10.4. The van der Waals surface area contributed by atoms with Crippen LogP contribution in [-0.4, -0.2) is 24.9 Å². The molecule has 0 saturated heterocycles. The number of benzene rings is 2. The molecule has 0 bridgehead atoms. The Labute approximate surface area is 181 Å². The summed E-state index contributed by atoms with van der Waals surface area (Å²) in [6, 6.07) is 15.8. The van der Waals surface area contributed by atoms with Gasteiger partial charge < -0.3 is 18.8 Å². The molecule has 0 fully saturated rings. The van der Waals surface area contributed by atoms with Crippen LogP contribution in [0.2, 0.25) is 0 Å². The molecular formula is C25H25N3O3. The zero-order valence-electron chi connectivity index (χ0n) is 18.0. The minimum absolute atomic E-state index is 0.225. The maximum Gasteiger partial charge on any atom is 0.161 e. The molecule has 158 valence electrons. The van der Waals surface area contributed by atoms with E-state index in [1.54, 1.807) is 7.11 Å². The van der Waals surface area contributed by atoms with Crippen molar-refractivity contribution in [2.75, 3.05) is 20.3 Å². The lowest BCUT2D eigenvalue weighted by Crippen LogP contribution is -2.28. The molecule has 3 aromatic rings. The highest BCUT2D eigenvalue weighted by Crippen LogP contribution is 2.39. The molecule has 0 saturated carbocycles. The molecular weight excluding hydrogens is 390 g/mol. The zero-order chi connectivity index (χ0) is 22.0. The monoisotopic (exact) mass is 415 g/mol. The Morgan fingerprint density at radius 3 is 2.29 bits per heavy atom. The molecule has 0 radical (unpaired) electrons. The second-order valence-corrected chi connectivity index (χ2v) is 7.23. The summed E-state index contributed by atoms with van der Waals surface area (Å²) in [5.74, 6) is 2.18. The summed E-state index contributed by atoms with van der Waals surface area (Å²) in [6.45, 7) is 5.64. The van der Waals surface area contributed by atoms with Crippen molar-refractivity contribution >= 4 is 0 Å². The van der Waals surface area contributed by atoms with Gasteiger partial charge in [0.05, 0.1) is 26.0 Å². The van der Waals surface area contributed by atoms with E-state index < -0.39 is 0 Å². The van der Waals surface area contributed by atoms with E-state index in [-0.39, 0.29) is 5.49 Å². The number of nitriles is 1. The highest BCUT2D eigenvalue weighted by atomic mass is 16.5. The van der Waals surface area contributed by atoms with E-state index in [0.29, 0.717) is 31.1 Å². The molecule has 0 unspecified atom stereocenters. The van der Waals surface area contributed by atoms with Gasteiger partial charge in [0.2, 0.25) is 0 Å². The van der Waals surface area contributed by atoms with Crippen LogP contribution in [0, 0.1) is 16.7 Å². The molecule has 2 heterocycles. The summed E-state index contributed by atoms with van der Waals surface area (Å²) >= 11 is 0. The van der Waals surface area contributed by atoms with Crippen molar-refractivity contribution in [3.63, 3.8) is 0 Å². The van der Waals surface area contributed by atoms with E-state index in [2.05, 4.69) is 6.07 Å². The summed E-state index contributed by atoms with van der Waals surface area (Å²) in [6.07, 6.45) is 0.762. The van der Waals surface area contributed by atoms with Gasteiger partial charge in [0.15, 0.2) is 11.5 Å². The second-order valence-electron chi connectivity index (χ2n) is 7.23. The zero-order valence-corrected chi connectivity index (χ0v) is 18.0. The van der Waals surface area contributed by atoms with Crippen LogP contribution >= 0.6 is 0 Å². The predicted octanol–water partition coefficient (Wildman–Crippen LogP) is 4.54. The minimum atomic E-state index is 0.225. The van der Waals surface area contributed by atoms with E-state index >= 15 is 0 Å². The van der Waals surface area contributed by atoms with E-state index in [0.717, 1.165) is 45.9 Å². The number of hydrogen-bond acceptors (Lipinski definition) is 5. The van der Waals surface area contributed by atoms with Crippen LogP contribution in [0.4, 0.5) is 0 Å². The molecule has 6 nitrogen and oxygen atoms in total. The molecule has 1 aromatic heterocycles. The standard InChI is InChI=1S/C25H25N3O3/c1-4-30-23-12-17-10-11-28-22(20(17)14-24(23)31-5-2)13-19(21(15-26)25(28)27)16-6-8-18(29-3)9-7-16/h6-9,12-14,27H,4-5,10-11H2,1-3H3. The van der Waals surface area contributed by atoms with E-state index in [1.165, 1.54) is 0 Å². The number of pyridine rings is 1. The van der Waals surface area contributed by atoms with Crippen LogP contribution in [0.1, 0.15) is 25.0 Å². The molecule has 0 amide bonds. The van der Waals surface area contributed by atoms with Gasteiger partial charge in [0.25, 0.3) is 0 Å². The second kappa shape index (κ2) is 8.57. The average molecular weight is 415 g/mol. The van der Waals surface area contributed by atoms with Crippen LogP contribution in [0.5, 0.6) is 17.2 Å². The number of hydrogen-bond donors (Lipinski definition) is 1. The fourth-order valence-corrected chi connectivity index (χ4v) is 4.05. The van der Waals surface area contributed by atoms with E-state index in [9.17, 15) is 5.26 Å². The molecule has 1 aliphatic rings. The first kappa shape index (κ1) is 20.5. The van der Waals surface area contributed by atoms with Crippen molar-refractivity contribution in [2.45, 2.75) is 26.8 Å². The van der Waals surface area contributed by atoms with Crippen LogP contribution in [0.25, 0.3) is 22.4 Å². The lowest BCUT2D eigenvalue weighted by Gasteiger charge is -2.26. The Balaban J connectivity index is 1.94. The van der Waals surface area contributed by atoms with Gasteiger partial charge >= 0.3 is 0 Å². The number of methoxy groups -OCH3 is 1. The average Bonchev–Trinajstić information content (AvgIpc) is 2.79.